The number of para-hydroxylation sites is 1. The number of amides is 1. The van der Waals surface area contributed by atoms with E-state index in [0.29, 0.717) is 24.9 Å². The number of nitrogens with one attached hydrogen (secondary N) is 1. The quantitative estimate of drug-likeness (QED) is 0.222. The van der Waals surface area contributed by atoms with E-state index in [0.717, 1.165) is 6.54 Å². The Morgan fingerprint density at radius 2 is 2.03 bits per heavy atom. The van der Waals surface area contributed by atoms with Gasteiger partial charge in [0, 0.05) is 6.54 Å². The van der Waals surface area contributed by atoms with Gasteiger partial charge in [-0.3, -0.25) is 9.59 Å². The highest BCUT2D eigenvalue weighted by Crippen LogP contribution is 2.30. The van der Waals surface area contributed by atoms with Crippen LogP contribution in [0.2, 0.25) is 0 Å². The molecule has 0 fully saturated rings. The summed E-state index contributed by atoms with van der Waals surface area (Å²) in [5.74, 6) is -2.18. The highest BCUT2D eigenvalue weighted by molar-refractivity contribution is 6.47. The number of ether oxygens (including phenoxy) is 2. The standard InChI is InChI=1S/C23H33BN6O7/c1-5-15(6-2)22(32)35-14-36-23(33)17-9-7-8-16-12-18(24(34)37-21(16)17)25-20(31)13-19-26-28-30(27-19)11-10-29(3)4/h7-9,15,18,34H,5-6,10-14H2,1-4H3,(H,25,31)/t18-/m0/s1. The van der Waals surface area contributed by atoms with E-state index < -0.39 is 37.7 Å². The smallest absolute Gasteiger partial charge is 0.534 e. The molecule has 0 spiro atoms. The molecule has 14 heteroatoms. The topological polar surface area (TPSA) is 158 Å². The molecule has 0 radical (unpaired) electrons. The van der Waals surface area contributed by atoms with Crippen molar-refractivity contribution in [1.82, 2.24) is 30.4 Å². The number of hydrogen-bond donors (Lipinski definition) is 2. The molecule has 37 heavy (non-hydrogen) atoms. The molecule has 0 saturated carbocycles. The van der Waals surface area contributed by atoms with E-state index >= 15 is 0 Å². The predicted molar refractivity (Wildman–Crippen MR) is 131 cm³/mol. The van der Waals surface area contributed by atoms with Crippen molar-refractivity contribution in [3.05, 3.63) is 35.2 Å². The number of tetrazole rings is 1. The van der Waals surface area contributed by atoms with E-state index in [4.69, 9.17) is 14.1 Å². The number of rotatable bonds is 12. The van der Waals surface area contributed by atoms with Crippen LogP contribution >= 0.6 is 0 Å². The molecular weight excluding hydrogens is 483 g/mol. The van der Waals surface area contributed by atoms with Crippen LogP contribution in [-0.2, 0) is 38.4 Å². The van der Waals surface area contributed by atoms with E-state index in [2.05, 4.69) is 20.7 Å². The van der Waals surface area contributed by atoms with Gasteiger partial charge in [0.05, 0.1) is 24.8 Å². The van der Waals surface area contributed by atoms with Gasteiger partial charge in [-0.25, -0.2) is 4.79 Å². The monoisotopic (exact) mass is 516 g/mol. The minimum atomic E-state index is -1.40. The van der Waals surface area contributed by atoms with Crippen LogP contribution in [0.3, 0.4) is 0 Å². The van der Waals surface area contributed by atoms with Crippen molar-refractivity contribution >= 4 is 25.0 Å². The molecule has 1 aliphatic heterocycles. The van der Waals surface area contributed by atoms with Gasteiger partial charge in [-0.05, 0) is 50.2 Å². The fraction of sp³-hybridized carbons (Fsp3) is 0.565. The number of aromatic nitrogens is 4. The van der Waals surface area contributed by atoms with Crippen LogP contribution in [0, 0.1) is 5.92 Å². The summed E-state index contributed by atoms with van der Waals surface area (Å²) in [5.41, 5.74) is 0.685. The molecule has 3 rings (SSSR count). The number of benzene rings is 1. The number of esters is 2. The molecule has 0 saturated heterocycles. The fourth-order valence-corrected chi connectivity index (χ4v) is 3.80. The number of hydrogen-bond acceptors (Lipinski definition) is 11. The van der Waals surface area contributed by atoms with Crippen molar-refractivity contribution in [3.8, 4) is 5.75 Å². The summed E-state index contributed by atoms with van der Waals surface area (Å²) in [4.78, 5) is 40.5. The van der Waals surface area contributed by atoms with Crippen molar-refractivity contribution in [2.75, 3.05) is 27.4 Å². The zero-order valence-electron chi connectivity index (χ0n) is 21.5. The summed E-state index contributed by atoms with van der Waals surface area (Å²) < 4.78 is 15.7. The maximum atomic E-state index is 12.6. The average Bonchev–Trinajstić information content (AvgIpc) is 3.30. The summed E-state index contributed by atoms with van der Waals surface area (Å²) >= 11 is 0. The molecular formula is C23H33BN6O7. The third-order valence-electron chi connectivity index (χ3n) is 5.96. The molecule has 200 valence electrons. The zero-order valence-corrected chi connectivity index (χ0v) is 21.5. The Morgan fingerprint density at radius 3 is 2.73 bits per heavy atom. The van der Waals surface area contributed by atoms with E-state index in [1.807, 2.05) is 32.8 Å². The van der Waals surface area contributed by atoms with Gasteiger partial charge >= 0.3 is 19.1 Å². The van der Waals surface area contributed by atoms with Crippen LogP contribution in [-0.4, -0.2) is 88.5 Å². The SMILES string of the molecule is CCC(CC)C(=O)OCOC(=O)c1cccc2c1OB(O)[C@@H](NC(=O)Cc1nnn(CCN(C)C)n1)C2. The van der Waals surface area contributed by atoms with Crippen molar-refractivity contribution < 1.29 is 33.5 Å². The second-order valence-electron chi connectivity index (χ2n) is 8.99. The lowest BCUT2D eigenvalue weighted by molar-refractivity contribution is -0.157. The summed E-state index contributed by atoms with van der Waals surface area (Å²) in [6.07, 6.45) is 1.37. The first-order chi connectivity index (χ1) is 17.7. The third-order valence-corrected chi connectivity index (χ3v) is 5.96. The summed E-state index contributed by atoms with van der Waals surface area (Å²) in [6, 6.07) is 4.85. The molecule has 2 aromatic rings. The summed E-state index contributed by atoms with van der Waals surface area (Å²) in [5, 5.41) is 25.2. The second-order valence-corrected chi connectivity index (χ2v) is 8.99. The number of likely N-dealkylation sites (N-methyl/N-ethyl adjacent to an activating group) is 1. The first-order valence-corrected chi connectivity index (χ1v) is 12.2. The lowest BCUT2D eigenvalue weighted by Crippen LogP contribution is -2.53. The Morgan fingerprint density at radius 1 is 1.27 bits per heavy atom. The van der Waals surface area contributed by atoms with Crippen molar-refractivity contribution in [1.29, 1.82) is 0 Å². The molecule has 1 aromatic carbocycles. The average molecular weight is 516 g/mol. The molecule has 1 amide bonds. The molecule has 1 aliphatic rings. The summed E-state index contributed by atoms with van der Waals surface area (Å²) in [7, 11) is 2.46. The van der Waals surface area contributed by atoms with Crippen LogP contribution in [0.15, 0.2) is 18.2 Å². The lowest BCUT2D eigenvalue weighted by atomic mass is 9.72. The van der Waals surface area contributed by atoms with Crippen LogP contribution in [0.1, 0.15) is 48.4 Å². The van der Waals surface area contributed by atoms with E-state index in [9.17, 15) is 19.4 Å². The largest absolute Gasteiger partial charge is 0.547 e. The lowest BCUT2D eigenvalue weighted by Gasteiger charge is -2.29. The van der Waals surface area contributed by atoms with Crippen LogP contribution < -0.4 is 9.97 Å². The maximum Gasteiger partial charge on any atom is 0.547 e. The molecule has 13 nitrogen and oxygen atoms in total. The van der Waals surface area contributed by atoms with Gasteiger partial charge in [0.15, 0.2) is 5.82 Å². The third kappa shape index (κ3) is 7.73. The van der Waals surface area contributed by atoms with E-state index in [-0.39, 0.29) is 35.9 Å². The van der Waals surface area contributed by atoms with Crippen molar-refractivity contribution in [3.63, 3.8) is 0 Å². The maximum absolute atomic E-state index is 12.6. The minimum absolute atomic E-state index is 0.0819. The predicted octanol–water partition coefficient (Wildman–Crippen LogP) is 0.0105. The molecule has 0 unspecified atom stereocenters. The van der Waals surface area contributed by atoms with Crippen molar-refractivity contribution in [2.24, 2.45) is 5.92 Å². The number of nitrogens with zero attached hydrogens (tertiary/aromatic N) is 5. The molecule has 0 bridgehead atoms. The van der Waals surface area contributed by atoms with E-state index in [1.165, 1.54) is 10.9 Å². The number of carbonyl (C=O) groups is 3. The normalized spacial score (nSPS) is 14.8. The highest BCUT2D eigenvalue weighted by atomic mass is 16.7. The van der Waals surface area contributed by atoms with Gasteiger partial charge < -0.3 is 29.4 Å². The zero-order chi connectivity index (χ0) is 26.9. The summed E-state index contributed by atoms with van der Waals surface area (Å²) in [6.45, 7) is 4.51. The fourth-order valence-electron chi connectivity index (χ4n) is 3.80. The number of carbonyl (C=O) groups excluding carboxylic acids is 3. The Bertz CT molecular complexity index is 1090. The Balaban J connectivity index is 1.56. The van der Waals surface area contributed by atoms with Crippen LogP contribution in [0.5, 0.6) is 5.75 Å². The highest BCUT2D eigenvalue weighted by Gasteiger charge is 2.38. The Kier molecular flexibility index (Phi) is 9.97. The molecule has 2 N–H and O–H groups in total. The molecule has 0 aliphatic carbocycles. The minimum Gasteiger partial charge on any atom is -0.534 e. The van der Waals surface area contributed by atoms with E-state index in [1.54, 1.807) is 12.1 Å². The van der Waals surface area contributed by atoms with Gasteiger partial charge in [0.25, 0.3) is 0 Å². The van der Waals surface area contributed by atoms with Crippen LogP contribution in [0.25, 0.3) is 0 Å². The van der Waals surface area contributed by atoms with Crippen molar-refractivity contribution in [2.45, 2.75) is 52.0 Å². The molecule has 1 atom stereocenters. The number of fused-ring (bicyclic) bond motifs is 1. The molecule has 1 aromatic heterocycles. The first-order valence-electron chi connectivity index (χ1n) is 12.2. The van der Waals surface area contributed by atoms with Gasteiger partial charge in [-0.2, -0.15) is 4.80 Å². The van der Waals surface area contributed by atoms with Gasteiger partial charge in [-0.1, -0.05) is 26.0 Å². The van der Waals surface area contributed by atoms with Gasteiger partial charge in [-0.15, -0.1) is 10.2 Å². The Labute approximate surface area is 215 Å². The van der Waals surface area contributed by atoms with Gasteiger partial charge in [0.1, 0.15) is 11.3 Å². The Hall–Kier alpha value is -3.52. The molecule has 2 heterocycles. The first kappa shape index (κ1) is 28.1. The van der Waals surface area contributed by atoms with Gasteiger partial charge in [0.2, 0.25) is 12.7 Å². The second kappa shape index (κ2) is 13.2. The van der Waals surface area contributed by atoms with Crippen LogP contribution in [0.4, 0.5) is 0 Å².